The molecular formula is C19H20N2O4. The number of benzene rings is 2. The van der Waals surface area contributed by atoms with Crippen molar-refractivity contribution in [1.82, 2.24) is 10.4 Å². The highest BCUT2D eigenvalue weighted by molar-refractivity contribution is 6.04. The first kappa shape index (κ1) is 17.0. The second kappa shape index (κ2) is 6.57. The van der Waals surface area contributed by atoms with Crippen molar-refractivity contribution in [3.63, 3.8) is 0 Å². The molecule has 1 atom stereocenters. The van der Waals surface area contributed by atoms with Crippen LogP contribution < -0.4 is 10.2 Å². The summed E-state index contributed by atoms with van der Waals surface area (Å²) in [6.45, 7) is 5.71. The number of amides is 2. The number of carbonyl (C=O) groups is 2. The summed E-state index contributed by atoms with van der Waals surface area (Å²) in [5.41, 5.74) is 6.80. The first-order chi connectivity index (χ1) is 11.9. The van der Waals surface area contributed by atoms with Crippen LogP contribution in [-0.4, -0.2) is 24.1 Å². The number of aryl methyl sites for hydroxylation is 2. The zero-order valence-corrected chi connectivity index (χ0v) is 14.6. The number of nitrogens with one attached hydrogen (secondary N) is 1. The third-order valence-corrected chi connectivity index (χ3v) is 4.13. The number of cyclic esters (lactones) is 1. The van der Waals surface area contributed by atoms with Gasteiger partial charge in [0.25, 0.3) is 5.91 Å². The largest absolute Gasteiger partial charge is 0.496 e. The standard InChI is InChI=1S/C19H20N2O4/c1-11-8-12(2)10-14(9-11)17-20-21(19(23)25-17)18(22)15-6-5-7-16(24-4)13(15)3/h5-10,17,20H,1-4H3. The van der Waals surface area contributed by atoms with Crippen LogP contribution >= 0.6 is 0 Å². The minimum absolute atomic E-state index is 0.380. The van der Waals surface area contributed by atoms with Crippen LogP contribution in [0.5, 0.6) is 5.75 Å². The van der Waals surface area contributed by atoms with E-state index in [4.69, 9.17) is 9.47 Å². The Kier molecular flexibility index (Phi) is 4.46. The van der Waals surface area contributed by atoms with Crippen molar-refractivity contribution in [1.29, 1.82) is 0 Å². The molecule has 0 spiro atoms. The highest BCUT2D eigenvalue weighted by Gasteiger charge is 2.37. The van der Waals surface area contributed by atoms with E-state index in [-0.39, 0.29) is 0 Å². The van der Waals surface area contributed by atoms with Gasteiger partial charge in [0.05, 0.1) is 7.11 Å². The molecule has 1 unspecified atom stereocenters. The number of rotatable bonds is 3. The topological polar surface area (TPSA) is 67.9 Å². The van der Waals surface area contributed by atoms with Gasteiger partial charge < -0.3 is 9.47 Å². The van der Waals surface area contributed by atoms with Crippen LogP contribution in [0, 0.1) is 20.8 Å². The summed E-state index contributed by atoms with van der Waals surface area (Å²) in [6, 6.07) is 11.0. The summed E-state index contributed by atoms with van der Waals surface area (Å²) in [6.07, 6.45) is -1.42. The fourth-order valence-corrected chi connectivity index (χ4v) is 2.98. The second-order valence-corrected chi connectivity index (χ2v) is 6.09. The summed E-state index contributed by atoms with van der Waals surface area (Å²) in [7, 11) is 1.54. The molecule has 1 heterocycles. The molecule has 2 aromatic carbocycles. The van der Waals surface area contributed by atoms with Crippen molar-refractivity contribution in [3.05, 3.63) is 64.2 Å². The number of imide groups is 1. The predicted molar refractivity (Wildman–Crippen MR) is 92.2 cm³/mol. The van der Waals surface area contributed by atoms with Gasteiger partial charge >= 0.3 is 6.09 Å². The highest BCUT2D eigenvalue weighted by atomic mass is 16.6. The van der Waals surface area contributed by atoms with E-state index in [0.717, 1.165) is 21.7 Å². The molecule has 2 aromatic rings. The van der Waals surface area contributed by atoms with Crippen LogP contribution in [0.4, 0.5) is 4.79 Å². The minimum Gasteiger partial charge on any atom is -0.496 e. The molecule has 1 fully saturated rings. The van der Waals surface area contributed by atoms with E-state index in [9.17, 15) is 9.59 Å². The second-order valence-electron chi connectivity index (χ2n) is 6.09. The van der Waals surface area contributed by atoms with E-state index >= 15 is 0 Å². The molecule has 0 radical (unpaired) electrons. The lowest BCUT2D eigenvalue weighted by Gasteiger charge is -2.15. The summed E-state index contributed by atoms with van der Waals surface area (Å²) in [5.74, 6) is 0.109. The fourth-order valence-electron chi connectivity index (χ4n) is 2.98. The van der Waals surface area contributed by atoms with Crippen molar-refractivity contribution in [2.75, 3.05) is 7.11 Å². The molecule has 0 saturated carbocycles. The molecule has 0 aliphatic carbocycles. The molecule has 0 bridgehead atoms. The maximum absolute atomic E-state index is 12.8. The lowest BCUT2D eigenvalue weighted by molar-refractivity contribution is 0.0759. The number of hydrogen-bond donors (Lipinski definition) is 1. The average Bonchev–Trinajstić information content (AvgIpc) is 2.95. The van der Waals surface area contributed by atoms with Gasteiger partial charge in [0.15, 0.2) is 6.23 Å². The summed E-state index contributed by atoms with van der Waals surface area (Å²) in [5, 5.41) is 0.907. The Morgan fingerprint density at radius 1 is 1.16 bits per heavy atom. The number of carbonyl (C=O) groups excluding carboxylic acids is 2. The van der Waals surface area contributed by atoms with Gasteiger partial charge in [0.2, 0.25) is 0 Å². The van der Waals surface area contributed by atoms with Gasteiger partial charge in [0.1, 0.15) is 5.75 Å². The molecule has 3 rings (SSSR count). The van der Waals surface area contributed by atoms with E-state index in [0.29, 0.717) is 16.9 Å². The third kappa shape index (κ3) is 3.21. The number of methoxy groups -OCH3 is 1. The molecule has 1 saturated heterocycles. The molecule has 1 aliphatic rings. The average molecular weight is 340 g/mol. The quantitative estimate of drug-likeness (QED) is 0.927. The Morgan fingerprint density at radius 3 is 2.48 bits per heavy atom. The molecule has 2 amide bonds. The monoisotopic (exact) mass is 340 g/mol. The lowest BCUT2D eigenvalue weighted by Crippen LogP contribution is -2.40. The highest BCUT2D eigenvalue weighted by Crippen LogP contribution is 2.27. The molecule has 6 heteroatoms. The van der Waals surface area contributed by atoms with Gasteiger partial charge in [-0.05, 0) is 32.9 Å². The van der Waals surface area contributed by atoms with Crippen LogP contribution in [0.25, 0.3) is 0 Å². The molecule has 1 aliphatic heterocycles. The van der Waals surface area contributed by atoms with Crippen molar-refractivity contribution in [3.8, 4) is 5.75 Å². The molecule has 6 nitrogen and oxygen atoms in total. The third-order valence-electron chi connectivity index (χ3n) is 4.13. The number of hydrogen-bond acceptors (Lipinski definition) is 5. The summed E-state index contributed by atoms with van der Waals surface area (Å²) >= 11 is 0. The normalized spacial score (nSPS) is 16.7. The maximum Gasteiger partial charge on any atom is 0.433 e. The van der Waals surface area contributed by atoms with Crippen molar-refractivity contribution in [2.45, 2.75) is 27.0 Å². The van der Waals surface area contributed by atoms with Crippen LogP contribution in [-0.2, 0) is 4.74 Å². The van der Waals surface area contributed by atoms with Crippen molar-refractivity contribution >= 4 is 12.0 Å². The van der Waals surface area contributed by atoms with Gasteiger partial charge in [-0.3, -0.25) is 4.79 Å². The zero-order chi connectivity index (χ0) is 18.1. The van der Waals surface area contributed by atoms with Gasteiger partial charge in [0, 0.05) is 16.7 Å². The molecule has 25 heavy (non-hydrogen) atoms. The van der Waals surface area contributed by atoms with Crippen LogP contribution in [0.2, 0.25) is 0 Å². The van der Waals surface area contributed by atoms with Crippen LogP contribution in [0.15, 0.2) is 36.4 Å². The Bertz CT molecular complexity index is 827. The maximum atomic E-state index is 12.8. The summed E-state index contributed by atoms with van der Waals surface area (Å²) in [4.78, 5) is 25.0. The van der Waals surface area contributed by atoms with E-state index in [1.807, 2.05) is 32.0 Å². The van der Waals surface area contributed by atoms with Crippen molar-refractivity contribution in [2.24, 2.45) is 0 Å². The molecule has 130 valence electrons. The molecular weight excluding hydrogens is 320 g/mol. The number of ether oxygens (including phenoxy) is 2. The predicted octanol–water partition coefficient (Wildman–Crippen LogP) is 3.42. The van der Waals surface area contributed by atoms with E-state index in [1.54, 1.807) is 25.1 Å². The van der Waals surface area contributed by atoms with E-state index in [2.05, 4.69) is 5.43 Å². The Morgan fingerprint density at radius 2 is 1.84 bits per heavy atom. The van der Waals surface area contributed by atoms with E-state index < -0.39 is 18.2 Å². The first-order valence-corrected chi connectivity index (χ1v) is 7.93. The summed E-state index contributed by atoms with van der Waals surface area (Å²) < 4.78 is 10.6. The fraction of sp³-hybridized carbons (Fsp3) is 0.263. The Balaban J connectivity index is 1.87. The SMILES string of the molecule is COc1cccc(C(=O)N2NC(c3cc(C)cc(C)c3)OC2=O)c1C. The minimum atomic E-state index is -0.726. The Labute approximate surface area is 146 Å². The zero-order valence-electron chi connectivity index (χ0n) is 14.6. The Hall–Kier alpha value is -2.86. The van der Waals surface area contributed by atoms with Gasteiger partial charge in [-0.25, -0.2) is 4.79 Å². The van der Waals surface area contributed by atoms with Gasteiger partial charge in [-0.15, -0.1) is 0 Å². The van der Waals surface area contributed by atoms with E-state index in [1.165, 1.54) is 7.11 Å². The van der Waals surface area contributed by atoms with Crippen LogP contribution in [0.3, 0.4) is 0 Å². The number of nitrogens with zero attached hydrogens (tertiary/aromatic N) is 1. The smallest absolute Gasteiger partial charge is 0.433 e. The van der Waals surface area contributed by atoms with Crippen molar-refractivity contribution < 1.29 is 19.1 Å². The van der Waals surface area contributed by atoms with Gasteiger partial charge in [-0.1, -0.05) is 35.4 Å². The molecule has 1 N–H and O–H groups in total. The van der Waals surface area contributed by atoms with Gasteiger partial charge in [-0.2, -0.15) is 10.4 Å². The molecule has 0 aromatic heterocycles. The number of hydrazine groups is 1. The lowest BCUT2D eigenvalue weighted by atomic mass is 10.1. The van der Waals surface area contributed by atoms with Crippen LogP contribution in [0.1, 0.15) is 38.8 Å². The first-order valence-electron chi connectivity index (χ1n) is 7.93.